The zero-order valence-electron chi connectivity index (χ0n) is 23.7. The van der Waals surface area contributed by atoms with E-state index in [4.69, 9.17) is 14.3 Å². The van der Waals surface area contributed by atoms with E-state index in [9.17, 15) is 4.79 Å². The maximum atomic E-state index is 11.5. The molecule has 4 aromatic rings. The van der Waals surface area contributed by atoms with Crippen LogP contribution in [-0.4, -0.2) is 29.1 Å². The van der Waals surface area contributed by atoms with E-state index in [1.165, 1.54) is 41.2 Å². The van der Waals surface area contributed by atoms with Crippen LogP contribution in [0.15, 0.2) is 98.4 Å². The Morgan fingerprint density at radius 3 is 2.39 bits per heavy atom. The van der Waals surface area contributed by atoms with Crippen molar-refractivity contribution in [1.82, 2.24) is 10.1 Å². The Morgan fingerprint density at radius 1 is 0.976 bits per heavy atom. The largest absolute Gasteiger partial charge is 0.494 e. The molecule has 0 spiro atoms. The third-order valence-corrected chi connectivity index (χ3v) is 7.76. The molecule has 1 aromatic heterocycles. The Labute approximate surface area is 240 Å². The van der Waals surface area contributed by atoms with Crippen molar-refractivity contribution in [2.45, 2.75) is 52.4 Å². The van der Waals surface area contributed by atoms with Gasteiger partial charge in [-0.3, -0.25) is 9.51 Å². The second-order valence-corrected chi connectivity index (χ2v) is 10.8. The predicted molar refractivity (Wildman–Crippen MR) is 163 cm³/mol. The van der Waals surface area contributed by atoms with E-state index in [0.717, 1.165) is 54.7 Å². The molecule has 0 bridgehead atoms. The summed E-state index contributed by atoms with van der Waals surface area (Å²) in [6, 6.07) is 25.0. The van der Waals surface area contributed by atoms with Gasteiger partial charge in [0, 0.05) is 29.4 Å². The average molecular weight is 549 g/mol. The predicted octanol–water partition coefficient (Wildman–Crippen LogP) is 7.41. The number of benzene rings is 3. The van der Waals surface area contributed by atoms with Crippen LogP contribution in [0.1, 0.15) is 51.5 Å². The zero-order valence-corrected chi connectivity index (χ0v) is 23.7. The maximum Gasteiger partial charge on any atom is 0.439 e. The van der Waals surface area contributed by atoms with E-state index in [1.807, 2.05) is 31.2 Å². The molecular formula is C34H36N4O3. The third-order valence-electron chi connectivity index (χ3n) is 7.76. The Hall–Kier alpha value is -4.39. The van der Waals surface area contributed by atoms with E-state index >= 15 is 0 Å². The lowest BCUT2D eigenvalue weighted by atomic mass is 9.95. The van der Waals surface area contributed by atoms with E-state index in [2.05, 4.69) is 70.5 Å². The van der Waals surface area contributed by atoms with Gasteiger partial charge < -0.3 is 9.64 Å². The van der Waals surface area contributed by atoms with Crippen molar-refractivity contribution in [2.75, 3.05) is 18.1 Å². The first-order chi connectivity index (χ1) is 20.1. The highest BCUT2D eigenvalue weighted by Crippen LogP contribution is 2.38. The first kappa shape index (κ1) is 26.8. The number of hydrogen-bond donors (Lipinski definition) is 1. The number of hydrogen-bond acceptors (Lipinski definition) is 6. The molecule has 2 heterocycles. The summed E-state index contributed by atoms with van der Waals surface area (Å²) in [6.45, 7) is 5.77. The van der Waals surface area contributed by atoms with Gasteiger partial charge in [0.25, 0.3) is 0 Å². The van der Waals surface area contributed by atoms with E-state index in [1.54, 1.807) is 0 Å². The van der Waals surface area contributed by atoms with E-state index in [-0.39, 0.29) is 0 Å². The zero-order chi connectivity index (χ0) is 28.2. The molecular weight excluding hydrogens is 512 g/mol. The lowest BCUT2D eigenvalue weighted by Gasteiger charge is -2.33. The molecule has 1 N–H and O–H groups in total. The summed E-state index contributed by atoms with van der Waals surface area (Å²) in [5.74, 6) is 2.55. The van der Waals surface area contributed by atoms with Crippen LogP contribution in [0.3, 0.4) is 0 Å². The number of aromatic amines is 1. The van der Waals surface area contributed by atoms with Crippen molar-refractivity contribution in [3.8, 4) is 28.3 Å². The Bertz CT molecular complexity index is 1610. The average Bonchev–Trinajstić information content (AvgIpc) is 3.76. The second-order valence-electron chi connectivity index (χ2n) is 10.8. The van der Waals surface area contributed by atoms with Gasteiger partial charge >= 0.3 is 5.76 Å². The monoisotopic (exact) mass is 548 g/mol. The van der Waals surface area contributed by atoms with Gasteiger partial charge in [0.05, 0.1) is 6.61 Å². The molecule has 210 valence electrons. The maximum absolute atomic E-state index is 11.5. The minimum absolute atomic E-state index is 0.432. The topological polar surface area (TPSA) is 83.7 Å². The summed E-state index contributed by atoms with van der Waals surface area (Å²) in [5, 5.41) is 3.90. The van der Waals surface area contributed by atoms with Crippen molar-refractivity contribution in [3.63, 3.8) is 0 Å². The number of H-pyrrole nitrogens is 1. The summed E-state index contributed by atoms with van der Waals surface area (Å²) >= 11 is 0. The smallest absolute Gasteiger partial charge is 0.439 e. The van der Waals surface area contributed by atoms with Gasteiger partial charge in [-0.15, -0.1) is 0 Å². The minimum atomic E-state index is -0.559. The first-order valence-electron chi connectivity index (χ1n) is 14.7. The third kappa shape index (κ3) is 6.04. The summed E-state index contributed by atoms with van der Waals surface area (Å²) in [4.78, 5) is 22.0. The summed E-state index contributed by atoms with van der Waals surface area (Å²) in [6.07, 6.45) is 6.59. The normalized spacial score (nSPS) is 15.3. The second kappa shape index (κ2) is 12.0. The van der Waals surface area contributed by atoms with Gasteiger partial charge in [0.1, 0.15) is 11.6 Å². The van der Waals surface area contributed by atoms with Crippen LogP contribution >= 0.6 is 0 Å². The molecule has 0 saturated heterocycles. The number of aromatic nitrogens is 2. The standard InChI is InChI=1S/C34H36N4O3/c1-3-5-10-31-26(22-38(33(35-31)25-15-16-25)27-17-19-28(20-18-27)40-4-2)21-23-11-13-24(14-12-23)29-8-6-7-9-30(29)32-36-34(39)41-37-32/h6-9,11-14,17-20,25H,3-5,10,15-16,21-22H2,1-2H3,(H,36,37,39). The van der Waals surface area contributed by atoms with Crippen molar-refractivity contribution < 1.29 is 9.26 Å². The van der Waals surface area contributed by atoms with Crippen molar-refractivity contribution in [3.05, 3.63) is 100 Å². The quantitative estimate of drug-likeness (QED) is 0.211. The molecule has 3 aromatic carbocycles. The molecule has 1 aliphatic heterocycles. The molecule has 0 atom stereocenters. The van der Waals surface area contributed by atoms with Gasteiger partial charge in [-0.2, -0.15) is 0 Å². The number of amidine groups is 1. The molecule has 2 aliphatic rings. The summed E-state index contributed by atoms with van der Waals surface area (Å²) < 4.78 is 10.4. The molecule has 7 nitrogen and oxygen atoms in total. The first-order valence-corrected chi connectivity index (χ1v) is 14.7. The molecule has 1 saturated carbocycles. The lowest BCUT2D eigenvalue weighted by Crippen LogP contribution is -2.37. The van der Waals surface area contributed by atoms with Gasteiger partial charge in [0.15, 0.2) is 5.82 Å². The number of aliphatic imine (C=N–C) groups is 1. The van der Waals surface area contributed by atoms with Gasteiger partial charge in [-0.1, -0.05) is 67.0 Å². The molecule has 0 unspecified atom stereocenters. The highest BCUT2D eigenvalue weighted by atomic mass is 16.5. The van der Waals surface area contributed by atoms with Crippen LogP contribution in [0, 0.1) is 5.92 Å². The number of nitrogens with zero attached hydrogens (tertiary/aromatic N) is 3. The molecule has 0 radical (unpaired) electrons. The van der Waals surface area contributed by atoms with Crippen LogP contribution in [0.5, 0.6) is 5.75 Å². The van der Waals surface area contributed by atoms with E-state index < -0.39 is 5.76 Å². The summed E-state index contributed by atoms with van der Waals surface area (Å²) in [7, 11) is 0. The fourth-order valence-corrected chi connectivity index (χ4v) is 5.48. The number of ether oxygens (including phenoxy) is 1. The highest BCUT2D eigenvalue weighted by molar-refractivity contribution is 6.02. The van der Waals surface area contributed by atoms with Crippen LogP contribution in [0.25, 0.3) is 22.5 Å². The van der Waals surface area contributed by atoms with Crippen molar-refractivity contribution in [2.24, 2.45) is 10.9 Å². The van der Waals surface area contributed by atoms with Crippen molar-refractivity contribution in [1.29, 1.82) is 0 Å². The van der Waals surface area contributed by atoms with Gasteiger partial charge in [0.2, 0.25) is 0 Å². The number of unbranched alkanes of at least 4 members (excludes halogenated alkanes) is 1. The molecule has 0 amide bonds. The van der Waals surface area contributed by atoms with Crippen molar-refractivity contribution >= 4 is 11.5 Å². The Kier molecular flexibility index (Phi) is 7.85. The van der Waals surface area contributed by atoms with Crippen LogP contribution in [-0.2, 0) is 6.42 Å². The Balaban J connectivity index is 1.28. The number of allylic oxidation sites excluding steroid dienone is 1. The minimum Gasteiger partial charge on any atom is -0.494 e. The van der Waals surface area contributed by atoms with Gasteiger partial charge in [-0.05, 0) is 85.6 Å². The van der Waals surface area contributed by atoms with E-state index in [0.29, 0.717) is 18.3 Å². The molecule has 6 rings (SSSR count). The summed E-state index contributed by atoms with van der Waals surface area (Å²) in [5.41, 5.74) is 7.94. The molecule has 7 heteroatoms. The molecule has 1 aliphatic carbocycles. The van der Waals surface area contributed by atoms with Crippen LogP contribution < -0.4 is 15.4 Å². The fourth-order valence-electron chi connectivity index (χ4n) is 5.48. The van der Waals surface area contributed by atoms with Gasteiger partial charge in [-0.25, -0.2) is 9.79 Å². The number of rotatable bonds is 11. The number of nitrogens with one attached hydrogen (secondary N) is 1. The molecule has 1 fully saturated rings. The number of anilines is 1. The Morgan fingerprint density at radius 2 is 1.73 bits per heavy atom. The lowest BCUT2D eigenvalue weighted by molar-refractivity contribution is 0.340. The fraction of sp³-hybridized carbons (Fsp3) is 0.324. The SMILES string of the molecule is CCCCC1=C(Cc2ccc(-c3ccccc3-c3noc(=O)[nH]3)cc2)CN(c2ccc(OCC)cc2)C(C2CC2)=N1. The highest BCUT2D eigenvalue weighted by Gasteiger charge is 2.35. The van der Waals surface area contributed by atoms with Crippen LogP contribution in [0.2, 0.25) is 0 Å². The van der Waals surface area contributed by atoms with Crippen LogP contribution in [0.4, 0.5) is 5.69 Å². The molecule has 41 heavy (non-hydrogen) atoms.